The highest BCUT2D eigenvalue weighted by molar-refractivity contribution is 5.98. The van der Waals surface area contributed by atoms with E-state index < -0.39 is 25.2 Å². The van der Waals surface area contributed by atoms with Crippen molar-refractivity contribution in [3.8, 4) is 0 Å². The second-order valence-electron chi connectivity index (χ2n) is 3.85. The van der Waals surface area contributed by atoms with Crippen LogP contribution < -0.4 is 0 Å². The fraction of sp³-hybridized carbons (Fsp3) is 0.417. The molecule has 0 amide bonds. The largest absolute Gasteiger partial charge is 0.411 e. The predicted molar refractivity (Wildman–Crippen MR) is 57.1 cm³/mol. The zero-order valence-corrected chi connectivity index (χ0v) is 9.60. The molecule has 1 rings (SSSR count). The summed E-state index contributed by atoms with van der Waals surface area (Å²) in [7, 11) is 0. The van der Waals surface area contributed by atoms with Gasteiger partial charge in [0.05, 0.1) is 0 Å². The number of rotatable bonds is 4. The summed E-state index contributed by atoms with van der Waals surface area (Å²) in [6.45, 7) is 1.59. The minimum Gasteiger partial charge on any atom is -0.364 e. The molecule has 0 unspecified atom stereocenters. The van der Waals surface area contributed by atoms with Gasteiger partial charge in [-0.05, 0) is 25.5 Å². The average molecular weight is 246 g/mol. The van der Waals surface area contributed by atoms with Crippen molar-refractivity contribution in [2.24, 2.45) is 0 Å². The lowest BCUT2D eigenvalue weighted by Gasteiger charge is -2.09. The van der Waals surface area contributed by atoms with Crippen LogP contribution in [0.4, 0.5) is 13.2 Å². The van der Waals surface area contributed by atoms with E-state index in [4.69, 9.17) is 0 Å². The maximum absolute atomic E-state index is 11.8. The summed E-state index contributed by atoms with van der Waals surface area (Å²) in [5.41, 5.74) is 2.03. The van der Waals surface area contributed by atoms with Gasteiger partial charge in [0.2, 0.25) is 0 Å². The van der Waals surface area contributed by atoms with E-state index >= 15 is 0 Å². The standard InChI is InChI=1S/C12H13F3O2/c1-8-3-4-9(2)10(5-8)11(16)6-17-7-12(13,14)15/h3-5H,6-7H2,1-2H3. The maximum atomic E-state index is 11.8. The Labute approximate surface area is 97.4 Å². The van der Waals surface area contributed by atoms with Gasteiger partial charge >= 0.3 is 6.18 Å². The van der Waals surface area contributed by atoms with Crippen LogP contribution in [0.15, 0.2) is 18.2 Å². The van der Waals surface area contributed by atoms with Crippen LogP contribution in [0.2, 0.25) is 0 Å². The number of ketones is 1. The van der Waals surface area contributed by atoms with Crippen LogP contribution in [0, 0.1) is 13.8 Å². The van der Waals surface area contributed by atoms with Gasteiger partial charge in [-0.2, -0.15) is 13.2 Å². The Hall–Kier alpha value is -1.36. The number of benzene rings is 1. The Kier molecular flexibility index (Phi) is 4.28. The number of halogens is 3. The number of alkyl halides is 3. The monoisotopic (exact) mass is 246 g/mol. The summed E-state index contributed by atoms with van der Waals surface area (Å²) in [4.78, 5) is 11.6. The first kappa shape index (κ1) is 13.7. The van der Waals surface area contributed by atoms with Gasteiger partial charge in [-0.1, -0.05) is 17.7 Å². The number of hydrogen-bond donors (Lipinski definition) is 0. The summed E-state index contributed by atoms with van der Waals surface area (Å²) < 4.78 is 39.8. The summed E-state index contributed by atoms with van der Waals surface area (Å²) in [6.07, 6.45) is -4.40. The molecule has 0 radical (unpaired) electrons. The Morgan fingerprint density at radius 2 is 1.94 bits per heavy atom. The number of carbonyl (C=O) groups excluding carboxylic acids is 1. The van der Waals surface area contributed by atoms with Gasteiger partial charge in [0.15, 0.2) is 5.78 Å². The van der Waals surface area contributed by atoms with E-state index in [1.54, 1.807) is 19.1 Å². The van der Waals surface area contributed by atoms with Gasteiger partial charge in [-0.15, -0.1) is 0 Å². The van der Waals surface area contributed by atoms with Gasteiger partial charge in [0, 0.05) is 5.56 Å². The number of ether oxygens (including phenoxy) is 1. The van der Waals surface area contributed by atoms with Gasteiger partial charge in [-0.25, -0.2) is 0 Å². The molecule has 0 fully saturated rings. The van der Waals surface area contributed by atoms with Crippen molar-refractivity contribution in [3.05, 3.63) is 34.9 Å². The molecule has 0 spiro atoms. The lowest BCUT2D eigenvalue weighted by atomic mass is 10.0. The predicted octanol–water partition coefficient (Wildman–Crippen LogP) is 3.07. The van der Waals surface area contributed by atoms with Crippen LogP contribution in [0.3, 0.4) is 0 Å². The van der Waals surface area contributed by atoms with Gasteiger partial charge in [0.1, 0.15) is 13.2 Å². The van der Waals surface area contributed by atoms with Crippen molar-refractivity contribution in [3.63, 3.8) is 0 Å². The number of Topliss-reactive ketones (excluding diaryl/α,β-unsaturated/α-hetero) is 1. The Bertz CT molecular complexity index is 411. The molecular formula is C12H13F3O2. The van der Waals surface area contributed by atoms with E-state index in [0.29, 0.717) is 5.56 Å². The highest BCUT2D eigenvalue weighted by Crippen LogP contribution is 2.15. The normalized spacial score (nSPS) is 11.6. The van der Waals surface area contributed by atoms with E-state index in [1.165, 1.54) is 0 Å². The van der Waals surface area contributed by atoms with E-state index in [2.05, 4.69) is 4.74 Å². The first-order valence-corrected chi connectivity index (χ1v) is 5.04. The molecule has 0 heterocycles. The molecule has 0 bridgehead atoms. The number of carbonyl (C=O) groups is 1. The second-order valence-corrected chi connectivity index (χ2v) is 3.85. The summed E-state index contributed by atoms with van der Waals surface area (Å²) in [5, 5.41) is 0. The fourth-order valence-electron chi connectivity index (χ4n) is 1.37. The van der Waals surface area contributed by atoms with Crippen LogP contribution in [-0.4, -0.2) is 25.2 Å². The Balaban J connectivity index is 2.61. The summed E-state index contributed by atoms with van der Waals surface area (Å²) in [5.74, 6) is -0.435. The molecule has 0 aromatic heterocycles. The van der Waals surface area contributed by atoms with Crippen LogP contribution >= 0.6 is 0 Å². The van der Waals surface area contributed by atoms with Gasteiger partial charge < -0.3 is 4.74 Å². The molecule has 94 valence electrons. The first-order valence-electron chi connectivity index (χ1n) is 5.04. The topological polar surface area (TPSA) is 26.3 Å². The summed E-state index contributed by atoms with van der Waals surface area (Å²) >= 11 is 0. The zero-order chi connectivity index (χ0) is 13.1. The first-order chi connectivity index (χ1) is 7.79. The molecule has 1 aromatic carbocycles. The minimum atomic E-state index is -4.40. The molecule has 0 saturated heterocycles. The van der Waals surface area contributed by atoms with Gasteiger partial charge in [0.25, 0.3) is 0 Å². The third-order valence-electron chi connectivity index (χ3n) is 2.19. The number of aryl methyl sites for hydroxylation is 2. The van der Waals surface area contributed by atoms with Crippen LogP contribution in [0.1, 0.15) is 21.5 Å². The van der Waals surface area contributed by atoms with Crippen LogP contribution in [0.25, 0.3) is 0 Å². The van der Waals surface area contributed by atoms with E-state index in [0.717, 1.165) is 11.1 Å². The Morgan fingerprint density at radius 3 is 2.53 bits per heavy atom. The molecule has 1 aromatic rings. The molecule has 0 aliphatic carbocycles. The molecule has 0 atom stereocenters. The van der Waals surface area contributed by atoms with E-state index in [-0.39, 0.29) is 0 Å². The highest BCUT2D eigenvalue weighted by Gasteiger charge is 2.27. The molecule has 2 nitrogen and oxygen atoms in total. The van der Waals surface area contributed by atoms with Gasteiger partial charge in [-0.3, -0.25) is 4.79 Å². The SMILES string of the molecule is Cc1ccc(C)c(C(=O)COCC(F)(F)F)c1. The number of hydrogen-bond acceptors (Lipinski definition) is 2. The zero-order valence-electron chi connectivity index (χ0n) is 9.60. The smallest absolute Gasteiger partial charge is 0.364 e. The molecular weight excluding hydrogens is 233 g/mol. The lowest BCUT2D eigenvalue weighted by Crippen LogP contribution is -2.20. The fourth-order valence-corrected chi connectivity index (χ4v) is 1.37. The van der Waals surface area contributed by atoms with Crippen LogP contribution in [-0.2, 0) is 4.74 Å². The van der Waals surface area contributed by atoms with E-state index in [1.807, 2.05) is 13.0 Å². The van der Waals surface area contributed by atoms with Crippen molar-refractivity contribution in [1.82, 2.24) is 0 Å². The van der Waals surface area contributed by atoms with Crippen molar-refractivity contribution in [2.45, 2.75) is 20.0 Å². The summed E-state index contributed by atoms with van der Waals surface area (Å²) in [6, 6.07) is 5.24. The molecule has 0 aliphatic rings. The molecule has 5 heteroatoms. The quantitative estimate of drug-likeness (QED) is 0.763. The highest BCUT2D eigenvalue weighted by atomic mass is 19.4. The molecule has 0 saturated carbocycles. The van der Waals surface area contributed by atoms with E-state index in [9.17, 15) is 18.0 Å². The van der Waals surface area contributed by atoms with Crippen molar-refractivity contribution < 1.29 is 22.7 Å². The average Bonchev–Trinajstić information content (AvgIpc) is 2.19. The van der Waals surface area contributed by atoms with Crippen molar-refractivity contribution >= 4 is 5.78 Å². The van der Waals surface area contributed by atoms with Crippen LogP contribution in [0.5, 0.6) is 0 Å². The minimum absolute atomic E-state index is 0.409. The second kappa shape index (κ2) is 5.31. The molecule has 0 aliphatic heterocycles. The Morgan fingerprint density at radius 1 is 1.29 bits per heavy atom. The molecule has 17 heavy (non-hydrogen) atoms. The molecule has 0 N–H and O–H groups in total. The third-order valence-corrected chi connectivity index (χ3v) is 2.19. The maximum Gasteiger partial charge on any atom is 0.411 e. The third kappa shape index (κ3) is 4.56. The lowest BCUT2D eigenvalue weighted by molar-refractivity contribution is -0.170. The van der Waals surface area contributed by atoms with Crippen molar-refractivity contribution in [2.75, 3.05) is 13.2 Å². The van der Waals surface area contributed by atoms with Crippen molar-refractivity contribution in [1.29, 1.82) is 0 Å².